The number of hydrogen-bond acceptors (Lipinski definition) is 4. The third-order valence-electron chi connectivity index (χ3n) is 4.50. The third-order valence-corrected chi connectivity index (χ3v) is 5.70. The van der Waals surface area contributed by atoms with Crippen molar-refractivity contribution in [3.8, 4) is 22.6 Å². The van der Waals surface area contributed by atoms with Gasteiger partial charge < -0.3 is 9.30 Å². The lowest BCUT2D eigenvalue weighted by atomic mass is 10.1. The number of aromatic nitrogens is 3. The smallest absolute Gasteiger partial charge is 0.149 e. The molecule has 0 aliphatic carbocycles. The first-order valence-electron chi connectivity index (χ1n) is 9.59. The Morgan fingerprint density at radius 3 is 2.46 bits per heavy atom. The number of nitrogens with zero attached hydrogens (tertiary/aromatic N) is 3. The second-order valence-electron chi connectivity index (χ2n) is 6.43. The molecule has 0 N–H and O–H groups in total. The molecule has 0 amide bonds. The zero-order valence-electron chi connectivity index (χ0n) is 16.1. The average Bonchev–Trinajstić information content (AvgIpc) is 3.14. The maximum absolute atomic E-state index is 5.58. The van der Waals surface area contributed by atoms with Crippen LogP contribution >= 0.6 is 11.8 Å². The van der Waals surface area contributed by atoms with Gasteiger partial charge in [-0.25, -0.2) is 9.97 Å². The van der Waals surface area contributed by atoms with Crippen molar-refractivity contribution in [3.63, 3.8) is 0 Å². The van der Waals surface area contributed by atoms with Gasteiger partial charge in [-0.3, -0.25) is 0 Å². The van der Waals surface area contributed by atoms with Crippen LogP contribution < -0.4 is 4.74 Å². The minimum absolute atomic E-state index is 0.662. The van der Waals surface area contributed by atoms with Crippen molar-refractivity contribution in [2.24, 2.45) is 0 Å². The molecule has 0 saturated carbocycles. The fourth-order valence-corrected chi connectivity index (χ4v) is 4.11. The van der Waals surface area contributed by atoms with Crippen molar-refractivity contribution in [2.45, 2.75) is 25.3 Å². The Balaban J connectivity index is 1.90. The number of benzene rings is 2. The van der Waals surface area contributed by atoms with Gasteiger partial charge in [0.2, 0.25) is 0 Å². The lowest BCUT2D eigenvalue weighted by Crippen LogP contribution is -1.96. The van der Waals surface area contributed by atoms with Crippen LogP contribution in [0.4, 0.5) is 0 Å². The van der Waals surface area contributed by atoms with Gasteiger partial charge in [0.1, 0.15) is 22.7 Å². The van der Waals surface area contributed by atoms with E-state index in [-0.39, 0.29) is 0 Å². The number of hydrogen-bond donors (Lipinski definition) is 0. The van der Waals surface area contributed by atoms with Crippen LogP contribution in [0.5, 0.6) is 5.75 Å². The molecule has 4 rings (SSSR count). The molecular weight excluding hydrogens is 366 g/mol. The lowest BCUT2D eigenvalue weighted by Gasteiger charge is -2.07. The summed E-state index contributed by atoms with van der Waals surface area (Å²) in [6.45, 7) is 4.84. The fraction of sp³-hybridized carbons (Fsp3) is 0.217. The Morgan fingerprint density at radius 1 is 0.964 bits per heavy atom. The van der Waals surface area contributed by atoms with Crippen LogP contribution in [0.2, 0.25) is 0 Å². The summed E-state index contributed by atoms with van der Waals surface area (Å²) in [5.41, 5.74) is 4.31. The Labute approximate surface area is 169 Å². The first kappa shape index (κ1) is 18.6. The van der Waals surface area contributed by atoms with Crippen LogP contribution in [0.1, 0.15) is 20.3 Å². The van der Waals surface area contributed by atoms with E-state index in [0.29, 0.717) is 6.61 Å². The minimum Gasteiger partial charge on any atom is -0.494 e. The quantitative estimate of drug-likeness (QED) is 0.288. The molecule has 0 saturated heterocycles. The molecule has 0 spiro atoms. The van der Waals surface area contributed by atoms with E-state index >= 15 is 0 Å². The fourth-order valence-electron chi connectivity index (χ4n) is 3.25. The summed E-state index contributed by atoms with van der Waals surface area (Å²) >= 11 is 1.79. The molecule has 2 heterocycles. The Morgan fingerprint density at radius 2 is 1.75 bits per heavy atom. The predicted molar refractivity (Wildman–Crippen MR) is 116 cm³/mol. The SMILES string of the molecule is CCCSc1ncnc2c1c(-c1ccccc1)cn2-c1ccc(OCC)cc1. The van der Waals surface area contributed by atoms with E-state index in [1.54, 1.807) is 18.1 Å². The van der Waals surface area contributed by atoms with E-state index in [1.165, 1.54) is 5.56 Å². The van der Waals surface area contributed by atoms with Crippen LogP contribution in [-0.2, 0) is 0 Å². The number of ether oxygens (including phenoxy) is 1. The topological polar surface area (TPSA) is 39.9 Å². The molecule has 142 valence electrons. The summed E-state index contributed by atoms with van der Waals surface area (Å²) in [4.78, 5) is 9.23. The van der Waals surface area contributed by atoms with Gasteiger partial charge in [0.25, 0.3) is 0 Å². The van der Waals surface area contributed by atoms with Crippen molar-refractivity contribution in [1.82, 2.24) is 14.5 Å². The highest BCUT2D eigenvalue weighted by atomic mass is 32.2. The number of fused-ring (bicyclic) bond motifs is 1. The molecule has 2 aromatic heterocycles. The van der Waals surface area contributed by atoms with E-state index in [4.69, 9.17) is 4.74 Å². The van der Waals surface area contributed by atoms with E-state index in [1.807, 2.05) is 25.1 Å². The molecule has 4 nitrogen and oxygen atoms in total. The van der Waals surface area contributed by atoms with Gasteiger partial charge in [0, 0.05) is 17.4 Å². The van der Waals surface area contributed by atoms with Gasteiger partial charge in [-0.15, -0.1) is 11.8 Å². The molecule has 4 aromatic rings. The molecule has 0 fully saturated rings. The van der Waals surface area contributed by atoms with Gasteiger partial charge in [-0.05, 0) is 48.9 Å². The van der Waals surface area contributed by atoms with Crippen molar-refractivity contribution in [3.05, 3.63) is 67.1 Å². The summed E-state index contributed by atoms with van der Waals surface area (Å²) < 4.78 is 7.73. The molecule has 5 heteroatoms. The van der Waals surface area contributed by atoms with E-state index in [0.717, 1.165) is 45.2 Å². The van der Waals surface area contributed by atoms with E-state index < -0.39 is 0 Å². The zero-order valence-corrected chi connectivity index (χ0v) is 16.9. The second kappa shape index (κ2) is 8.48. The van der Waals surface area contributed by atoms with Gasteiger partial charge >= 0.3 is 0 Å². The maximum Gasteiger partial charge on any atom is 0.149 e. The average molecular weight is 390 g/mol. The highest BCUT2D eigenvalue weighted by molar-refractivity contribution is 7.99. The molecule has 0 radical (unpaired) electrons. The molecule has 0 bridgehead atoms. The van der Waals surface area contributed by atoms with Gasteiger partial charge in [-0.1, -0.05) is 37.3 Å². The normalized spacial score (nSPS) is 11.1. The summed E-state index contributed by atoms with van der Waals surface area (Å²) in [5, 5.41) is 2.15. The third kappa shape index (κ3) is 3.62. The van der Waals surface area contributed by atoms with Crippen molar-refractivity contribution in [1.29, 1.82) is 0 Å². The summed E-state index contributed by atoms with van der Waals surface area (Å²) in [6.07, 6.45) is 4.94. The lowest BCUT2D eigenvalue weighted by molar-refractivity contribution is 0.340. The van der Waals surface area contributed by atoms with E-state index in [2.05, 4.69) is 64.1 Å². The Kier molecular flexibility index (Phi) is 5.63. The van der Waals surface area contributed by atoms with Crippen molar-refractivity contribution in [2.75, 3.05) is 12.4 Å². The zero-order chi connectivity index (χ0) is 19.3. The highest BCUT2D eigenvalue weighted by Crippen LogP contribution is 2.37. The molecule has 2 aromatic carbocycles. The van der Waals surface area contributed by atoms with Crippen molar-refractivity contribution < 1.29 is 4.74 Å². The predicted octanol–water partition coefficient (Wildman–Crippen LogP) is 5.99. The molecule has 28 heavy (non-hydrogen) atoms. The standard InChI is InChI=1S/C23H23N3OS/c1-3-14-28-23-21-20(17-8-6-5-7-9-17)15-26(22(21)24-16-25-23)18-10-12-19(13-11-18)27-4-2/h5-13,15-16H,3-4,14H2,1-2H3. The van der Waals surface area contributed by atoms with Gasteiger partial charge in [0.05, 0.1) is 12.0 Å². The van der Waals surface area contributed by atoms with Crippen molar-refractivity contribution >= 4 is 22.8 Å². The first-order chi connectivity index (χ1) is 13.8. The largest absolute Gasteiger partial charge is 0.494 e. The summed E-state index contributed by atoms with van der Waals surface area (Å²) in [6, 6.07) is 18.6. The minimum atomic E-state index is 0.662. The molecule has 0 aliphatic rings. The second-order valence-corrected chi connectivity index (χ2v) is 7.52. The molecule has 0 atom stereocenters. The molecule has 0 aliphatic heterocycles. The summed E-state index contributed by atoms with van der Waals surface area (Å²) in [7, 11) is 0. The number of rotatable bonds is 7. The first-order valence-corrected chi connectivity index (χ1v) is 10.6. The summed E-state index contributed by atoms with van der Waals surface area (Å²) in [5.74, 6) is 1.91. The van der Waals surface area contributed by atoms with Crippen LogP contribution in [0.25, 0.3) is 27.8 Å². The molecular formula is C23H23N3OS. The maximum atomic E-state index is 5.58. The number of thioether (sulfide) groups is 1. The van der Waals surface area contributed by atoms with Gasteiger partial charge in [0.15, 0.2) is 0 Å². The Bertz CT molecular complexity index is 1060. The van der Waals surface area contributed by atoms with Crippen LogP contribution in [-0.4, -0.2) is 26.9 Å². The van der Waals surface area contributed by atoms with E-state index in [9.17, 15) is 0 Å². The Hall–Kier alpha value is -2.79. The van der Waals surface area contributed by atoms with Gasteiger partial charge in [-0.2, -0.15) is 0 Å². The highest BCUT2D eigenvalue weighted by Gasteiger charge is 2.17. The molecule has 0 unspecified atom stereocenters. The van der Waals surface area contributed by atoms with Crippen LogP contribution in [0.15, 0.2) is 72.1 Å². The van der Waals surface area contributed by atoms with Crippen LogP contribution in [0, 0.1) is 0 Å². The van der Waals surface area contributed by atoms with Crippen LogP contribution in [0.3, 0.4) is 0 Å². The monoisotopic (exact) mass is 389 g/mol.